The van der Waals surface area contributed by atoms with Crippen LogP contribution < -0.4 is 5.73 Å². The quantitative estimate of drug-likeness (QED) is 0.876. The predicted molar refractivity (Wildman–Crippen MR) is 82.3 cm³/mol. The van der Waals surface area contributed by atoms with Gasteiger partial charge in [0.2, 0.25) is 5.91 Å². The minimum absolute atomic E-state index is 0.198. The molecule has 1 amide bonds. The van der Waals surface area contributed by atoms with Crippen molar-refractivity contribution in [3.8, 4) is 0 Å². The van der Waals surface area contributed by atoms with Crippen molar-refractivity contribution >= 4 is 5.91 Å². The number of amides is 1. The molecule has 0 bridgehead atoms. The van der Waals surface area contributed by atoms with Crippen molar-refractivity contribution in [1.29, 1.82) is 0 Å². The summed E-state index contributed by atoms with van der Waals surface area (Å²) in [7, 11) is 0. The standard InChI is InChI=1S/C18H25NO/c1-11(2)16-12-7-3-5-9-14(12)17(18(19)20)15-10-6-4-8-13(15)16/h11H,3-10H2,1-2H3,(H2,19,20). The summed E-state index contributed by atoms with van der Waals surface area (Å²) >= 11 is 0. The smallest absolute Gasteiger partial charge is 0.249 e. The zero-order chi connectivity index (χ0) is 14.3. The van der Waals surface area contributed by atoms with E-state index >= 15 is 0 Å². The molecule has 20 heavy (non-hydrogen) atoms. The van der Waals surface area contributed by atoms with Gasteiger partial charge in [0.05, 0.1) is 0 Å². The summed E-state index contributed by atoms with van der Waals surface area (Å²) in [4.78, 5) is 12.0. The highest BCUT2D eigenvalue weighted by molar-refractivity contribution is 5.97. The van der Waals surface area contributed by atoms with Gasteiger partial charge < -0.3 is 5.73 Å². The van der Waals surface area contributed by atoms with Crippen LogP contribution in [0.1, 0.15) is 83.6 Å². The Bertz CT molecular complexity index is 520. The maximum atomic E-state index is 12.0. The van der Waals surface area contributed by atoms with Crippen molar-refractivity contribution in [1.82, 2.24) is 0 Å². The monoisotopic (exact) mass is 271 g/mol. The third kappa shape index (κ3) is 2.06. The number of carbonyl (C=O) groups excluding carboxylic acids is 1. The van der Waals surface area contributed by atoms with Gasteiger partial charge in [0, 0.05) is 5.56 Å². The molecule has 2 aliphatic carbocycles. The van der Waals surface area contributed by atoms with Crippen LogP contribution in [0.4, 0.5) is 0 Å². The average molecular weight is 271 g/mol. The summed E-state index contributed by atoms with van der Waals surface area (Å²) in [5.74, 6) is 0.354. The second-order valence-electron chi connectivity index (χ2n) is 6.64. The lowest BCUT2D eigenvalue weighted by Gasteiger charge is -2.31. The van der Waals surface area contributed by atoms with E-state index in [2.05, 4.69) is 13.8 Å². The first-order valence-corrected chi connectivity index (χ1v) is 8.10. The van der Waals surface area contributed by atoms with E-state index in [-0.39, 0.29) is 5.91 Å². The molecule has 0 aliphatic heterocycles. The van der Waals surface area contributed by atoms with Crippen molar-refractivity contribution in [3.05, 3.63) is 33.4 Å². The van der Waals surface area contributed by atoms with Crippen LogP contribution in [-0.4, -0.2) is 5.91 Å². The lowest BCUT2D eigenvalue weighted by Crippen LogP contribution is -2.25. The molecule has 0 fully saturated rings. The van der Waals surface area contributed by atoms with Gasteiger partial charge in [-0.05, 0) is 85.1 Å². The summed E-state index contributed by atoms with van der Waals surface area (Å²) in [6, 6.07) is 0. The third-order valence-corrected chi connectivity index (χ3v) is 5.01. The molecule has 0 saturated heterocycles. The van der Waals surface area contributed by atoms with E-state index in [0.717, 1.165) is 31.2 Å². The van der Waals surface area contributed by atoms with Crippen LogP contribution in [0.5, 0.6) is 0 Å². The van der Waals surface area contributed by atoms with Gasteiger partial charge in [0.25, 0.3) is 0 Å². The molecule has 2 heteroatoms. The summed E-state index contributed by atoms with van der Waals surface area (Å²) < 4.78 is 0. The molecule has 1 aromatic carbocycles. The maximum absolute atomic E-state index is 12.0. The van der Waals surface area contributed by atoms with Crippen LogP contribution >= 0.6 is 0 Å². The molecule has 108 valence electrons. The van der Waals surface area contributed by atoms with E-state index in [1.165, 1.54) is 47.9 Å². The fraction of sp³-hybridized carbons (Fsp3) is 0.611. The third-order valence-electron chi connectivity index (χ3n) is 5.01. The van der Waals surface area contributed by atoms with Crippen molar-refractivity contribution in [2.45, 2.75) is 71.1 Å². The lowest BCUT2D eigenvalue weighted by molar-refractivity contribution is 0.0998. The summed E-state index contributed by atoms with van der Waals surface area (Å²) in [5, 5.41) is 0. The van der Waals surface area contributed by atoms with Gasteiger partial charge in [0.15, 0.2) is 0 Å². The van der Waals surface area contributed by atoms with E-state index in [1.54, 1.807) is 5.56 Å². The molecule has 0 unspecified atom stereocenters. The van der Waals surface area contributed by atoms with E-state index in [4.69, 9.17) is 5.73 Å². The Morgan fingerprint density at radius 2 is 1.25 bits per heavy atom. The van der Waals surface area contributed by atoms with Crippen LogP contribution in [0.3, 0.4) is 0 Å². The highest BCUT2D eigenvalue weighted by Gasteiger charge is 2.29. The Labute approximate surface area is 121 Å². The maximum Gasteiger partial charge on any atom is 0.249 e. The molecule has 3 rings (SSSR count). The number of hydrogen-bond acceptors (Lipinski definition) is 1. The molecule has 0 aromatic heterocycles. The van der Waals surface area contributed by atoms with Crippen LogP contribution in [0, 0.1) is 0 Å². The molecular weight excluding hydrogens is 246 g/mol. The molecule has 0 saturated carbocycles. The summed E-state index contributed by atoms with van der Waals surface area (Å²) in [5.41, 5.74) is 13.7. The second kappa shape index (κ2) is 5.23. The molecule has 1 aromatic rings. The molecule has 2 nitrogen and oxygen atoms in total. The van der Waals surface area contributed by atoms with E-state index in [0.29, 0.717) is 5.92 Å². The number of carbonyl (C=O) groups is 1. The van der Waals surface area contributed by atoms with Gasteiger partial charge in [-0.3, -0.25) is 4.79 Å². The number of rotatable bonds is 2. The van der Waals surface area contributed by atoms with Gasteiger partial charge in [0.1, 0.15) is 0 Å². The molecule has 0 radical (unpaired) electrons. The first-order chi connectivity index (χ1) is 9.61. The predicted octanol–water partition coefficient (Wildman–Crippen LogP) is 3.67. The van der Waals surface area contributed by atoms with Crippen LogP contribution in [0.25, 0.3) is 0 Å². The molecule has 0 spiro atoms. The average Bonchev–Trinajstić information content (AvgIpc) is 2.43. The topological polar surface area (TPSA) is 43.1 Å². The van der Waals surface area contributed by atoms with Crippen molar-refractivity contribution in [2.75, 3.05) is 0 Å². The highest BCUT2D eigenvalue weighted by Crippen LogP contribution is 2.40. The van der Waals surface area contributed by atoms with Crippen LogP contribution in [0.2, 0.25) is 0 Å². The number of fused-ring (bicyclic) bond motifs is 2. The fourth-order valence-electron chi connectivity index (χ4n) is 4.32. The van der Waals surface area contributed by atoms with Gasteiger partial charge in [-0.1, -0.05) is 13.8 Å². The largest absolute Gasteiger partial charge is 0.366 e. The number of nitrogens with two attached hydrogens (primary N) is 1. The Morgan fingerprint density at radius 3 is 1.60 bits per heavy atom. The van der Waals surface area contributed by atoms with Crippen LogP contribution in [-0.2, 0) is 25.7 Å². The van der Waals surface area contributed by atoms with E-state index in [1.807, 2.05) is 0 Å². The van der Waals surface area contributed by atoms with Crippen molar-refractivity contribution in [3.63, 3.8) is 0 Å². The van der Waals surface area contributed by atoms with Crippen molar-refractivity contribution in [2.24, 2.45) is 5.73 Å². The number of hydrogen-bond donors (Lipinski definition) is 1. The Kier molecular flexibility index (Phi) is 3.57. The minimum Gasteiger partial charge on any atom is -0.366 e. The minimum atomic E-state index is -0.198. The van der Waals surface area contributed by atoms with E-state index in [9.17, 15) is 4.79 Å². The van der Waals surface area contributed by atoms with Gasteiger partial charge in [-0.2, -0.15) is 0 Å². The molecule has 2 aliphatic rings. The van der Waals surface area contributed by atoms with Gasteiger partial charge >= 0.3 is 0 Å². The first kappa shape index (κ1) is 13.7. The fourth-order valence-corrected chi connectivity index (χ4v) is 4.32. The zero-order valence-electron chi connectivity index (χ0n) is 12.7. The van der Waals surface area contributed by atoms with Gasteiger partial charge in [-0.25, -0.2) is 0 Å². The lowest BCUT2D eigenvalue weighted by atomic mass is 9.73. The Balaban J connectivity index is 2.34. The normalized spacial score (nSPS) is 17.8. The number of primary amides is 1. The molecular formula is C18H25NO. The summed E-state index contributed by atoms with van der Waals surface area (Å²) in [6.07, 6.45) is 9.26. The van der Waals surface area contributed by atoms with E-state index < -0.39 is 0 Å². The molecule has 2 N–H and O–H groups in total. The molecule has 0 atom stereocenters. The second-order valence-corrected chi connectivity index (χ2v) is 6.64. The van der Waals surface area contributed by atoms with Crippen LogP contribution in [0.15, 0.2) is 0 Å². The highest BCUT2D eigenvalue weighted by atomic mass is 16.1. The number of benzene rings is 1. The first-order valence-electron chi connectivity index (χ1n) is 8.10. The van der Waals surface area contributed by atoms with Crippen molar-refractivity contribution < 1.29 is 4.79 Å². The zero-order valence-corrected chi connectivity index (χ0v) is 12.7. The Hall–Kier alpha value is -1.31. The van der Waals surface area contributed by atoms with Gasteiger partial charge in [-0.15, -0.1) is 0 Å². The molecule has 0 heterocycles. The summed E-state index contributed by atoms with van der Waals surface area (Å²) in [6.45, 7) is 4.59. The Morgan fingerprint density at radius 1 is 0.850 bits per heavy atom. The SMILES string of the molecule is CC(C)c1c2c(c(C(N)=O)c3c1CCCC3)CCCC2.